The lowest BCUT2D eigenvalue weighted by Gasteiger charge is -2.22. The van der Waals surface area contributed by atoms with Gasteiger partial charge in [-0.3, -0.25) is 0 Å². The van der Waals surface area contributed by atoms with Gasteiger partial charge in [-0.05, 0) is 42.7 Å². The van der Waals surface area contributed by atoms with Crippen molar-refractivity contribution in [2.24, 2.45) is 0 Å². The summed E-state index contributed by atoms with van der Waals surface area (Å²) in [5.41, 5.74) is 2.07. The highest BCUT2D eigenvalue weighted by atomic mass is 16.5. The van der Waals surface area contributed by atoms with E-state index in [1.807, 2.05) is 42.5 Å². The molecule has 1 aliphatic carbocycles. The zero-order valence-electron chi connectivity index (χ0n) is 15.8. The summed E-state index contributed by atoms with van der Waals surface area (Å²) in [6.45, 7) is 0.555. The molecule has 6 heteroatoms. The van der Waals surface area contributed by atoms with Gasteiger partial charge in [-0.1, -0.05) is 49.6 Å². The van der Waals surface area contributed by atoms with Crippen molar-refractivity contribution in [1.29, 1.82) is 0 Å². The van der Waals surface area contributed by atoms with Crippen LogP contribution in [0.3, 0.4) is 0 Å². The Kier molecular flexibility index (Phi) is 5.97. The van der Waals surface area contributed by atoms with Gasteiger partial charge in [0.2, 0.25) is 5.95 Å². The zero-order valence-corrected chi connectivity index (χ0v) is 15.8. The number of benzene rings is 2. The van der Waals surface area contributed by atoms with Gasteiger partial charge in [0.05, 0.1) is 6.20 Å². The van der Waals surface area contributed by atoms with Gasteiger partial charge in [0.15, 0.2) is 5.82 Å². The van der Waals surface area contributed by atoms with Crippen molar-refractivity contribution in [3.05, 3.63) is 66.4 Å². The van der Waals surface area contributed by atoms with Crippen LogP contribution in [0.15, 0.2) is 60.8 Å². The third kappa shape index (κ3) is 5.19. The summed E-state index contributed by atoms with van der Waals surface area (Å²) in [7, 11) is 0. The molecule has 0 unspecified atom stereocenters. The second-order valence-corrected chi connectivity index (χ2v) is 7.07. The molecule has 28 heavy (non-hydrogen) atoms. The summed E-state index contributed by atoms with van der Waals surface area (Å²) in [6, 6.07) is 18.4. The maximum absolute atomic E-state index is 5.83. The third-order valence-electron chi connectivity index (χ3n) is 4.87. The number of nitrogens with one attached hydrogen (secondary N) is 2. The van der Waals surface area contributed by atoms with Crippen molar-refractivity contribution in [2.75, 3.05) is 10.6 Å². The predicted molar refractivity (Wildman–Crippen MR) is 111 cm³/mol. The van der Waals surface area contributed by atoms with E-state index in [1.165, 1.54) is 32.1 Å². The van der Waals surface area contributed by atoms with Gasteiger partial charge >= 0.3 is 0 Å². The lowest BCUT2D eigenvalue weighted by atomic mass is 9.96. The van der Waals surface area contributed by atoms with E-state index in [0.717, 1.165) is 17.0 Å². The van der Waals surface area contributed by atoms with Gasteiger partial charge in [0, 0.05) is 11.7 Å². The van der Waals surface area contributed by atoms with E-state index < -0.39 is 0 Å². The van der Waals surface area contributed by atoms with Crippen molar-refractivity contribution >= 4 is 17.5 Å². The summed E-state index contributed by atoms with van der Waals surface area (Å²) in [5.74, 6) is 2.08. The monoisotopic (exact) mass is 375 g/mol. The molecule has 1 fully saturated rings. The van der Waals surface area contributed by atoms with E-state index >= 15 is 0 Å². The first-order valence-electron chi connectivity index (χ1n) is 9.85. The maximum Gasteiger partial charge on any atom is 0.244 e. The number of rotatable bonds is 7. The van der Waals surface area contributed by atoms with Gasteiger partial charge < -0.3 is 15.4 Å². The largest absolute Gasteiger partial charge is 0.489 e. The Labute approximate surface area is 165 Å². The fourth-order valence-corrected chi connectivity index (χ4v) is 3.38. The zero-order chi connectivity index (χ0) is 19.0. The molecule has 0 amide bonds. The molecule has 6 nitrogen and oxygen atoms in total. The molecular formula is C22H25N5O. The Hall–Kier alpha value is -3.15. The van der Waals surface area contributed by atoms with Crippen LogP contribution in [0.1, 0.15) is 37.7 Å². The standard InChI is InChI=1S/C22H25N5O/c1-3-7-17(8-4-1)16-28-20-13-11-19(12-14-20)24-21-15-23-27-22(26-21)25-18-9-5-2-6-10-18/h1,3-4,7-8,11-15,18H,2,5-6,9-10,16H2,(H2,24,25,26,27). The molecule has 0 bridgehead atoms. The molecule has 0 atom stereocenters. The Morgan fingerprint density at radius 1 is 0.929 bits per heavy atom. The highest BCUT2D eigenvalue weighted by Gasteiger charge is 2.14. The number of hydrogen-bond acceptors (Lipinski definition) is 6. The SMILES string of the molecule is c1ccc(COc2ccc(Nc3cnnc(NC4CCCCC4)n3)cc2)cc1. The van der Waals surface area contributed by atoms with Crippen LogP contribution in [-0.2, 0) is 6.61 Å². The normalized spacial score (nSPS) is 14.4. The van der Waals surface area contributed by atoms with E-state index in [-0.39, 0.29) is 0 Å². The van der Waals surface area contributed by atoms with Crippen LogP contribution in [0.2, 0.25) is 0 Å². The average Bonchev–Trinajstić information content (AvgIpc) is 2.75. The summed E-state index contributed by atoms with van der Waals surface area (Å²) >= 11 is 0. The Morgan fingerprint density at radius 3 is 2.50 bits per heavy atom. The fraction of sp³-hybridized carbons (Fsp3) is 0.318. The van der Waals surface area contributed by atoms with E-state index in [9.17, 15) is 0 Å². The molecule has 4 rings (SSSR count). The molecule has 0 radical (unpaired) electrons. The first-order chi connectivity index (χ1) is 13.8. The number of nitrogens with zero attached hydrogens (tertiary/aromatic N) is 3. The van der Waals surface area contributed by atoms with Crippen LogP contribution in [0, 0.1) is 0 Å². The first-order valence-corrected chi connectivity index (χ1v) is 9.85. The molecule has 1 heterocycles. The summed E-state index contributed by atoms with van der Waals surface area (Å²) in [6.07, 6.45) is 7.83. The van der Waals surface area contributed by atoms with Crippen LogP contribution in [0.25, 0.3) is 0 Å². The minimum atomic E-state index is 0.451. The molecule has 1 aromatic heterocycles. The number of aromatic nitrogens is 3. The lowest BCUT2D eigenvalue weighted by molar-refractivity contribution is 0.306. The highest BCUT2D eigenvalue weighted by molar-refractivity contribution is 5.57. The van der Waals surface area contributed by atoms with Gasteiger partial charge in [0.25, 0.3) is 0 Å². The van der Waals surface area contributed by atoms with E-state index in [4.69, 9.17) is 4.74 Å². The Bertz CT molecular complexity index is 864. The molecule has 1 saturated carbocycles. The van der Waals surface area contributed by atoms with Crippen molar-refractivity contribution in [3.63, 3.8) is 0 Å². The molecule has 1 aliphatic rings. The third-order valence-corrected chi connectivity index (χ3v) is 4.87. The summed E-state index contributed by atoms with van der Waals surface area (Å²) < 4.78 is 5.83. The molecular weight excluding hydrogens is 350 g/mol. The quantitative estimate of drug-likeness (QED) is 0.609. The molecule has 144 valence electrons. The minimum Gasteiger partial charge on any atom is -0.489 e. The van der Waals surface area contributed by atoms with E-state index in [0.29, 0.717) is 24.4 Å². The molecule has 0 saturated heterocycles. The van der Waals surface area contributed by atoms with Gasteiger partial charge in [-0.2, -0.15) is 10.1 Å². The van der Waals surface area contributed by atoms with Crippen molar-refractivity contribution in [1.82, 2.24) is 15.2 Å². The molecule has 2 aromatic carbocycles. The van der Waals surface area contributed by atoms with Crippen LogP contribution in [-0.4, -0.2) is 21.2 Å². The molecule has 2 N–H and O–H groups in total. The van der Waals surface area contributed by atoms with Gasteiger partial charge in [0.1, 0.15) is 12.4 Å². The van der Waals surface area contributed by atoms with E-state index in [2.05, 4.69) is 37.9 Å². The number of ether oxygens (including phenoxy) is 1. The maximum atomic E-state index is 5.83. The van der Waals surface area contributed by atoms with Crippen LogP contribution in [0.4, 0.5) is 17.5 Å². The Balaban J connectivity index is 1.33. The van der Waals surface area contributed by atoms with E-state index in [1.54, 1.807) is 6.20 Å². The first kappa shape index (κ1) is 18.2. The smallest absolute Gasteiger partial charge is 0.244 e. The van der Waals surface area contributed by atoms with Gasteiger partial charge in [-0.25, -0.2) is 0 Å². The molecule has 0 spiro atoms. The second kappa shape index (κ2) is 9.17. The lowest BCUT2D eigenvalue weighted by Crippen LogP contribution is -2.23. The van der Waals surface area contributed by atoms with Crippen LogP contribution in [0.5, 0.6) is 5.75 Å². The van der Waals surface area contributed by atoms with Crippen molar-refractivity contribution < 1.29 is 4.74 Å². The number of anilines is 3. The minimum absolute atomic E-state index is 0.451. The van der Waals surface area contributed by atoms with Crippen LogP contribution < -0.4 is 15.4 Å². The summed E-state index contributed by atoms with van der Waals surface area (Å²) in [4.78, 5) is 4.53. The molecule has 0 aliphatic heterocycles. The predicted octanol–water partition coefficient (Wildman–Crippen LogP) is 4.94. The van der Waals surface area contributed by atoms with Crippen LogP contribution >= 0.6 is 0 Å². The van der Waals surface area contributed by atoms with Gasteiger partial charge in [-0.15, -0.1) is 5.10 Å². The molecule has 3 aromatic rings. The van der Waals surface area contributed by atoms with Crippen molar-refractivity contribution in [3.8, 4) is 5.75 Å². The fourth-order valence-electron chi connectivity index (χ4n) is 3.38. The van der Waals surface area contributed by atoms with Crippen molar-refractivity contribution in [2.45, 2.75) is 44.8 Å². The topological polar surface area (TPSA) is 72.0 Å². The second-order valence-electron chi connectivity index (χ2n) is 7.07. The number of hydrogen-bond donors (Lipinski definition) is 2. The Morgan fingerprint density at radius 2 is 1.71 bits per heavy atom. The summed E-state index contributed by atoms with van der Waals surface area (Å²) in [5, 5.41) is 14.9. The average molecular weight is 375 g/mol. The highest BCUT2D eigenvalue weighted by Crippen LogP contribution is 2.22.